The topological polar surface area (TPSA) is 29.3 Å². The van der Waals surface area contributed by atoms with E-state index < -0.39 is 0 Å². The molecule has 0 amide bonds. The summed E-state index contributed by atoms with van der Waals surface area (Å²) in [5.74, 6) is 0.883. The van der Waals surface area contributed by atoms with Crippen LogP contribution in [0.15, 0.2) is 16.6 Å². The van der Waals surface area contributed by atoms with Gasteiger partial charge in [0, 0.05) is 30.6 Å². The highest BCUT2D eigenvalue weighted by Crippen LogP contribution is 2.32. The Morgan fingerprint density at radius 2 is 2.33 bits per heavy atom. The highest BCUT2D eigenvalue weighted by molar-refractivity contribution is 9.10. The average Bonchev–Trinajstić information content (AvgIpc) is 2.42. The van der Waals surface area contributed by atoms with E-state index in [4.69, 9.17) is 5.73 Å². The SMILES string of the molecule is CCC1CN(c2ccc(CN)c(Br)c2F)CCS1. The number of halogens is 2. The van der Waals surface area contributed by atoms with E-state index in [9.17, 15) is 4.39 Å². The maximum absolute atomic E-state index is 14.3. The minimum Gasteiger partial charge on any atom is -0.367 e. The lowest BCUT2D eigenvalue weighted by molar-refractivity contribution is 0.605. The van der Waals surface area contributed by atoms with Crippen LogP contribution in [0.5, 0.6) is 0 Å². The molecule has 1 fully saturated rings. The van der Waals surface area contributed by atoms with Crippen LogP contribution in [0, 0.1) is 5.82 Å². The second kappa shape index (κ2) is 6.26. The van der Waals surface area contributed by atoms with Crippen LogP contribution >= 0.6 is 27.7 Å². The predicted octanol–water partition coefficient (Wildman–Crippen LogP) is 3.38. The van der Waals surface area contributed by atoms with Crippen LogP contribution in [-0.2, 0) is 6.54 Å². The molecule has 100 valence electrons. The summed E-state index contributed by atoms with van der Waals surface area (Å²) in [6.07, 6.45) is 1.13. The van der Waals surface area contributed by atoms with Crippen molar-refractivity contribution >= 4 is 33.4 Å². The molecule has 0 radical (unpaired) electrons. The molecule has 0 aliphatic carbocycles. The molecule has 0 saturated carbocycles. The maximum Gasteiger partial charge on any atom is 0.160 e. The van der Waals surface area contributed by atoms with Crippen molar-refractivity contribution in [2.24, 2.45) is 5.73 Å². The van der Waals surface area contributed by atoms with Crippen molar-refractivity contribution in [3.63, 3.8) is 0 Å². The number of hydrogen-bond donors (Lipinski definition) is 1. The average molecular weight is 333 g/mol. The van der Waals surface area contributed by atoms with Crippen LogP contribution < -0.4 is 10.6 Å². The van der Waals surface area contributed by atoms with Gasteiger partial charge >= 0.3 is 0 Å². The Morgan fingerprint density at radius 1 is 1.56 bits per heavy atom. The Kier molecular flexibility index (Phi) is 4.92. The number of benzene rings is 1. The lowest BCUT2D eigenvalue weighted by Crippen LogP contribution is -2.38. The van der Waals surface area contributed by atoms with Crippen LogP contribution in [0.2, 0.25) is 0 Å². The summed E-state index contributed by atoms with van der Waals surface area (Å²) in [4.78, 5) is 2.14. The molecule has 1 aromatic rings. The fourth-order valence-corrected chi connectivity index (χ4v) is 3.84. The minimum absolute atomic E-state index is 0.181. The van der Waals surface area contributed by atoms with Crippen molar-refractivity contribution in [3.05, 3.63) is 28.0 Å². The third-order valence-electron chi connectivity index (χ3n) is 3.30. The molecule has 1 heterocycles. The molecule has 2 rings (SSSR count). The van der Waals surface area contributed by atoms with Crippen molar-refractivity contribution in [2.75, 3.05) is 23.7 Å². The van der Waals surface area contributed by atoms with Crippen molar-refractivity contribution in [3.8, 4) is 0 Å². The highest BCUT2D eigenvalue weighted by Gasteiger charge is 2.22. The number of hydrogen-bond acceptors (Lipinski definition) is 3. The Balaban J connectivity index is 2.25. The fraction of sp³-hybridized carbons (Fsp3) is 0.538. The lowest BCUT2D eigenvalue weighted by Gasteiger charge is -2.34. The summed E-state index contributed by atoms with van der Waals surface area (Å²) in [6, 6.07) is 3.76. The van der Waals surface area contributed by atoms with Gasteiger partial charge < -0.3 is 10.6 Å². The Hall–Kier alpha value is -0.260. The summed E-state index contributed by atoms with van der Waals surface area (Å²) in [5.41, 5.74) is 7.08. The molecule has 1 aliphatic heterocycles. The van der Waals surface area contributed by atoms with Gasteiger partial charge in [0.05, 0.1) is 10.2 Å². The van der Waals surface area contributed by atoms with Crippen LogP contribution in [0.4, 0.5) is 10.1 Å². The minimum atomic E-state index is -0.181. The van der Waals surface area contributed by atoms with Gasteiger partial charge in [-0.2, -0.15) is 11.8 Å². The number of rotatable bonds is 3. The molecule has 2 nitrogen and oxygen atoms in total. The second-order valence-corrected chi connectivity index (χ2v) is 6.62. The molecule has 2 N–H and O–H groups in total. The van der Waals surface area contributed by atoms with Crippen LogP contribution in [0.1, 0.15) is 18.9 Å². The smallest absolute Gasteiger partial charge is 0.160 e. The van der Waals surface area contributed by atoms with E-state index in [-0.39, 0.29) is 5.82 Å². The third-order valence-corrected chi connectivity index (χ3v) is 5.53. The van der Waals surface area contributed by atoms with E-state index in [1.165, 1.54) is 0 Å². The van der Waals surface area contributed by atoms with Gasteiger partial charge in [-0.3, -0.25) is 0 Å². The summed E-state index contributed by atoms with van der Waals surface area (Å²) in [6.45, 7) is 4.37. The molecule has 1 aliphatic rings. The Bertz CT molecular complexity index is 428. The van der Waals surface area contributed by atoms with Crippen molar-refractivity contribution in [2.45, 2.75) is 25.1 Å². The zero-order valence-electron chi connectivity index (χ0n) is 10.5. The number of anilines is 1. The largest absolute Gasteiger partial charge is 0.367 e. The summed E-state index contributed by atoms with van der Waals surface area (Å²) in [5, 5.41) is 0.603. The van der Waals surface area contributed by atoms with Gasteiger partial charge in [-0.1, -0.05) is 13.0 Å². The molecule has 5 heteroatoms. The molecule has 18 heavy (non-hydrogen) atoms. The zero-order chi connectivity index (χ0) is 13.1. The first-order valence-electron chi connectivity index (χ1n) is 6.20. The molecule has 1 atom stereocenters. The van der Waals surface area contributed by atoms with Gasteiger partial charge in [-0.05, 0) is 34.0 Å². The molecular weight excluding hydrogens is 315 g/mol. The predicted molar refractivity (Wildman–Crippen MR) is 80.7 cm³/mol. The van der Waals surface area contributed by atoms with Crippen LogP contribution in [0.3, 0.4) is 0 Å². The van der Waals surface area contributed by atoms with Gasteiger partial charge in [0.2, 0.25) is 0 Å². The zero-order valence-corrected chi connectivity index (χ0v) is 12.9. The van der Waals surface area contributed by atoms with E-state index in [0.29, 0.717) is 22.0 Å². The van der Waals surface area contributed by atoms with Gasteiger partial charge in [-0.15, -0.1) is 0 Å². The van der Waals surface area contributed by atoms with Crippen molar-refractivity contribution in [1.82, 2.24) is 0 Å². The van der Waals surface area contributed by atoms with Crippen molar-refractivity contribution < 1.29 is 4.39 Å². The summed E-state index contributed by atoms with van der Waals surface area (Å²) >= 11 is 5.29. The first-order valence-corrected chi connectivity index (χ1v) is 8.05. The van der Waals surface area contributed by atoms with E-state index in [0.717, 1.165) is 30.8 Å². The quantitative estimate of drug-likeness (QED) is 0.920. The van der Waals surface area contributed by atoms with Gasteiger partial charge in [0.25, 0.3) is 0 Å². The standard InChI is InChI=1S/C13H18BrFN2S/c1-2-10-8-17(5-6-18-10)11-4-3-9(7-16)12(14)13(11)15/h3-4,10H,2,5-8,16H2,1H3. The molecule has 0 bridgehead atoms. The third kappa shape index (κ3) is 2.83. The number of nitrogens with zero attached hydrogens (tertiary/aromatic N) is 1. The Labute approximate surface area is 120 Å². The molecule has 1 saturated heterocycles. The highest BCUT2D eigenvalue weighted by atomic mass is 79.9. The maximum atomic E-state index is 14.3. The van der Waals surface area contributed by atoms with Crippen LogP contribution in [-0.4, -0.2) is 24.1 Å². The first kappa shape index (κ1) is 14.2. The van der Waals surface area contributed by atoms with Gasteiger partial charge in [0.1, 0.15) is 0 Å². The normalized spacial score (nSPS) is 20.2. The lowest BCUT2D eigenvalue weighted by atomic mass is 10.1. The molecule has 1 unspecified atom stereocenters. The second-order valence-electron chi connectivity index (χ2n) is 4.42. The monoisotopic (exact) mass is 332 g/mol. The summed E-state index contributed by atoms with van der Waals surface area (Å²) in [7, 11) is 0. The summed E-state index contributed by atoms with van der Waals surface area (Å²) < 4.78 is 14.8. The fourth-order valence-electron chi connectivity index (χ4n) is 2.17. The van der Waals surface area contributed by atoms with Gasteiger partial charge in [0.15, 0.2) is 5.82 Å². The molecule has 1 aromatic carbocycles. The number of thioether (sulfide) groups is 1. The van der Waals surface area contributed by atoms with Crippen LogP contribution in [0.25, 0.3) is 0 Å². The first-order chi connectivity index (χ1) is 8.67. The molecular formula is C13H18BrFN2S. The van der Waals surface area contributed by atoms with E-state index in [2.05, 4.69) is 27.8 Å². The number of nitrogens with two attached hydrogens (primary N) is 1. The van der Waals surface area contributed by atoms with E-state index in [1.54, 1.807) is 0 Å². The van der Waals surface area contributed by atoms with E-state index >= 15 is 0 Å². The Morgan fingerprint density at radius 3 is 3.00 bits per heavy atom. The van der Waals surface area contributed by atoms with Gasteiger partial charge in [-0.25, -0.2) is 4.39 Å². The van der Waals surface area contributed by atoms with E-state index in [1.807, 2.05) is 23.9 Å². The molecule has 0 spiro atoms. The molecule has 0 aromatic heterocycles. The van der Waals surface area contributed by atoms with Crippen molar-refractivity contribution in [1.29, 1.82) is 0 Å².